The van der Waals surface area contributed by atoms with Gasteiger partial charge in [-0.25, -0.2) is 9.18 Å². The standard InChI is InChI=1S/C20H39FN2O4Si/c1-18(2,3)26-17(25)23-13-15(27-28(9,10)19(4,5)6)11-14(23)12-22-16(24)20(7,8)21/h14-15H,11-13H2,1-10H3,(H,22,24)/q-1/t14-,15-/m0/s1. The van der Waals surface area contributed by atoms with Crippen molar-refractivity contribution in [3.8, 4) is 0 Å². The normalized spacial score (nSPS) is 21.6. The number of nitrogens with zero attached hydrogens (tertiary/aromatic N) is 1. The Morgan fingerprint density at radius 3 is 2.07 bits per heavy atom. The minimum Gasteiger partial charge on any atom is -0.561 e. The zero-order valence-corrected chi connectivity index (χ0v) is 20.2. The molecule has 0 aliphatic carbocycles. The third-order valence-corrected chi connectivity index (χ3v) is 9.84. The van der Waals surface area contributed by atoms with Gasteiger partial charge in [-0.1, -0.05) is 20.8 Å². The lowest BCUT2D eigenvalue weighted by atomic mass is 10.1. The third-order valence-electron chi connectivity index (χ3n) is 5.31. The number of nitrogens with one attached hydrogen (secondary N) is 1. The van der Waals surface area contributed by atoms with E-state index in [4.69, 9.17) is 9.16 Å². The Labute approximate surface area is 170 Å². The maximum atomic E-state index is 13.8. The minimum atomic E-state index is -2.01. The van der Waals surface area contributed by atoms with Gasteiger partial charge in [0, 0.05) is 19.2 Å². The zero-order valence-electron chi connectivity index (χ0n) is 19.2. The second-order valence-electron chi connectivity index (χ2n) is 10.7. The van der Waals surface area contributed by atoms with E-state index in [0.29, 0.717) is 13.0 Å². The van der Waals surface area contributed by atoms with Crippen LogP contribution in [0, 0.1) is 0 Å². The second-order valence-corrected chi connectivity index (χ2v) is 15.5. The molecule has 0 saturated carbocycles. The second kappa shape index (κ2) is 8.30. The number of likely N-dealkylation sites (tertiary alicyclic amines) is 1. The van der Waals surface area contributed by atoms with E-state index in [9.17, 15) is 14.0 Å². The summed E-state index contributed by atoms with van der Waals surface area (Å²) in [5, 5.41) is 2.67. The molecule has 0 aromatic heterocycles. The summed E-state index contributed by atoms with van der Waals surface area (Å²) in [6, 6.07) is -0.295. The van der Waals surface area contributed by atoms with Gasteiger partial charge in [0.2, 0.25) is 0 Å². The van der Waals surface area contributed by atoms with Crippen molar-refractivity contribution in [3.63, 3.8) is 0 Å². The van der Waals surface area contributed by atoms with Crippen molar-refractivity contribution >= 4 is 20.3 Å². The first-order valence-electron chi connectivity index (χ1n) is 9.98. The topological polar surface area (TPSA) is 67.9 Å². The SMILES string of the molecule is CC(C)(C)OC(=O)N1C[C@@H](O[Si-](C)(C)C(C)(C)C)C[C@H]1CNC(=O)C(C)(C)F. The fraction of sp³-hybridized carbons (Fsp3) is 0.900. The molecule has 8 heteroatoms. The molecule has 1 N–H and O–H groups in total. The Bertz CT molecular complexity index is 576. The molecule has 1 aliphatic rings. The maximum Gasteiger partial charge on any atom is 0.410 e. The number of carbonyl (C=O) groups is 2. The van der Waals surface area contributed by atoms with Gasteiger partial charge in [-0.2, -0.15) is 0 Å². The molecule has 6 nitrogen and oxygen atoms in total. The van der Waals surface area contributed by atoms with Gasteiger partial charge in [-0.3, -0.25) is 4.79 Å². The van der Waals surface area contributed by atoms with Crippen LogP contribution in [0.1, 0.15) is 61.8 Å². The van der Waals surface area contributed by atoms with Crippen LogP contribution in [0.5, 0.6) is 0 Å². The Morgan fingerprint density at radius 1 is 1.11 bits per heavy atom. The first-order valence-corrected chi connectivity index (χ1v) is 12.9. The molecule has 1 heterocycles. The molecule has 2 atom stereocenters. The Balaban J connectivity index is 2.92. The van der Waals surface area contributed by atoms with Gasteiger partial charge in [0.1, 0.15) is 5.60 Å². The van der Waals surface area contributed by atoms with Crippen LogP contribution in [0.25, 0.3) is 0 Å². The van der Waals surface area contributed by atoms with Gasteiger partial charge in [0.15, 0.2) is 5.67 Å². The fourth-order valence-corrected chi connectivity index (χ4v) is 4.07. The average molecular weight is 419 g/mol. The van der Waals surface area contributed by atoms with Gasteiger partial charge in [0.25, 0.3) is 5.91 Å². The zero-order chi connectivity index (χ0) is 22.1. The highest BCUT2D eigenvalue weighted by Gasteiger charge is 2.40. The molecule has 1 aliphatic heterocycles. The molecule has 0 unspecified atom stereocenters. The van der Waals surface area contributed by atoms with E-state index < -0.39 is 31.6 Å². The van der Waals surface area contributed by atoms with Gasteiger partial charge < -0.3 is 19.4 Å². The van der Waals surface area contributed by atoms with Crippen LogP contribution in [0.2, 0.25) is 18.1 Å². The minimum absolute atomic E-state index is 0.0499. The molecule has 2 amide bonds. The van der Waals surface area contributed by atoms with E-state index in [1.165, 1.54) is 13.8 Å². The van der Waals surface area contributed by atoms with Gasteiger partial charge in [-0.15, -0.1) is 18.1 Å². The number of halogens is 1. The number of ether oxygens (including phenoxy) is 1. The molecule has 0 aromatic carbocycles. The molecule has 28 heavy (non-hydrogen) atoms. The Hall–Kier alpha value is -1.15. The summed E-state index contributed by atoms with van der Waals surface area (Å²) in [7, 11) is -2.01. The Morgan fingerprint density at radius 2 is 1.64 bits per heavy atom. The summed E-state index contributed by atoms with van der Waals surface area (Å²) in [6.45, 7) is 19.3. The molecular weight excluding hydrogens is 379 g/mol. The van der Waals surface area contributed by atoms with E-state index in [-0.39, 0.29) is 23.7 Å². The fourth-order valence-electron chi connectivity index (χ4n) is 2.71. The lowest BCUT2D eigenvalue weighted by molar-refractivity contribution is -0.131. The van der Waals surface area contributed by atoms with E-state index in [1.54, 1.807) is 4.90 Å². The van der Waals surface area contributed by atoms with Gasteiger partial charge in [-0.05, 0) is 49.4 Å². The van der Waals surface area contributed by atoms with Crippen molar-refractivity contribution in [3.05, 3.63) is 0 Å². The number of carbonyl (C=O) groups excluding carboxylic acids is 2. The predicted molar refractivity (Wildman–Crippen MR) is 112 cm³/mol. The highest BCUT2D eigenvalue weighted by Crippen LogP contribution is 2.39. The van der Waals surface area contributed by atoms with Crippen LogP contribution < -0.4 is 5.32 Å². The van der Waals surface area contributed by atoms with Crippen molar-refractivity contribution in [1.29, 1.82) is 0 Å². The first-order chi connectivity index (χ1) is 12.3. The van der Waals surface area contributed by atoms with Gasteiger partial charge >= 0.3 is 6.09 Å². The summed E-state index contributed by atoms with van der Waals surface area (Å²) < 4.78 is 25.8. The summed E-state index contributed by atoms with van der Waals surface area (Å²) in [5.41, 5.74) is -2.59. The van der Waals surface area contributed by atoms with E-state index in [1.807, 2.05) is 20.8 Å². The molecule has 1 saturated heterocycles. The molecular formula is C20H39FN2O4Si-. The van der Waals surface area contributed by atoms with Crippen LogP contribution in [0.3, 0.4) is 0 Å². The van der Waals surface area contributed by atoms with E-state index in [0.717, 1.165) is 0 Å². The van der Waals surface area contributed by atoms with Crippen molar-refractivity contribution in [2.45, 2.75) is 103 Å². The molecule has 165 valence electrons. The molecule has 1 fully saturated rings. The van der Waals surface area contributed by atoms with Crippen LogP contribution in [-0.2, 0) is 14.0 Å². The van der Waals surface area contributed by atoms with Crippen molar-refractivity contribution in [1.82, 2.24) is 10.2 Å². The summed E-state index contributed by atoms with van der Waals surface area (Å²) in [6.07, 6.45) is 0.0138. The molecule has 1 rings (SSSR count). The smallest absolute Gasteiger partial charge is 0.410 e. The maximum absolute atomic E-state index is 13.8. The van der Waals surface area contributed by atoms with E-state index in [2.05, 4.69) is 39.2 Å². The lowest BCUT2D eigenvalue weighted by Crippen LogP contribution is -2.48. The predicted octanol–water partition coefficient (Wildman–Crippen LogP) is 4.25. The number of amides is 2. The van der Waals surface area contributed by atoms with Crippen LogP contribution in [0.15, 0.2) is 0 Å². The molecule has 0 radical (unpaired) electrons. The summed E-state index contributed by atoms with van der Waals surface area (Å²) in [4.78, 5) is 26.2. The first kappa shape index (κ1) is 24.9. The number of hydrogen-bond donors (Lipinski definition) is 1. The number of alkyl halides is 1. The van der Waals surface area contributed by atoms with Crippen LogP contribution >= 0.6 is 0 Å². The number of rotatable bonds is 5. The van der Waals surface area contributed by atoms with Crippen molar-refractivity contribution in [2.24, 2.45) is 0 Å². The summed E-state index contributed by atoms with van der Waals surface area (Å²) >= 11 is 0. The molecule has 0 spiro atoms. The van der Waals surface area contributed by atoms with Gasteiger partial charge in [0.05, 0.1) is 6.04 Å². The quantitative estimate of drug-likeness (QED) is 0.678. The van der Waals surface area contributed by atoms with Crippen LogP contribution in [0.4, 0.5) is 9.18 Å². The average Bonchev–Trinajstić information content (AvgIpc) is 2.82. The third kappa shape index (κ3) is 7.03. The molecule has 0 bridgehead atoms. The van der Waals surface area contributed by atoms with Crippen LogP contribution in [-0.4, -0.2) is 61.7 Å². The molecule has 0 aromatic rings. The van der Waals surface area contributed by atoms with E-state index >= 15 is 0 Å². The van der Waals surface area contributed by atoms with Crippen molar-refractivity contribution in [2.75, 3.05) is 13.1 Å². The highest BCUT2D eigenvalue weighted by atomic mass is 28.4. The highest BCUT2D eigenvalue weighted by molar-refractivity contribution is 6.74. The summed E-state index contributed by atoms with van der Waals surface area (Å²) in [5.74, 6) is -0.689. The monoisotopic (exact) mass is 418 g/mol. The lowest BCUT2D eigenvalue weighted by Gasteiger charge is -2.50. The van der Waals surface area contributed by atoms with Crippen molar-refractivity contribution < 1.29 is 23.1 Å². The largest absolute Gasteiger partial charge is 0.561 e. The Kier molecular flexibility index (Phi) is 7.38. The number of hydrogen-bond acceptors (Lipinski definition) is 4.